The maximum absolute atomic E-state index is 10.6. The Balaban J connectivity index is 2.67. The number of benzene rings is 1. The first kappa shape index (κ1) is 15.2. The summed E-state index contributed by atoms with van der Waals surface area (Å²) in [5.41, 5.74) is 1.59. The Morgan fingerprint density at radius 3 is 2.67 bits per heavy atom. The van der Waals surface area contributed by atoms with Gasteiger partial charge >= 0.3 is 0 Å². The van der Waals surface area contributed by atoms with Crippen LogP contribution < -0.4 is 5.32 Å². The highest BCUT2D eigenvalue weighted by atomic mass is 16.3. The van der Waals surface area contributed by atoms with E-state index in [2.05, 4.69) is 38.2 Å². The summed E-state index contributed by atoms with van der Waals surface area (Å²) < 4.78 is 0. The molecule has 18 heavy (non-hydrogen) atoms. The highest BCUT2D eigenvalue weighted by Gasteiger charge is 2.22. The molecule has 102 valence electrons. The zero-order valence-electron chi connectivity index (χ0n) is 12.2. The van der Waals surface area contributed by atoms with E-state index in [-0.39, 0.29) is 0 Å². The van der Waals surface area contributed by atoms with Crippen molar-refractivity contribution >= 4 is 0 Å². The van der Waals surface area contributed by atoms with Gasteiger partial charge in [-0.1, -0.05) is 51.5 Å². The van der Waals surface area contributed by atoms with Gasteiger partial charge in [0.25, 0.3) is 0 Å². The smallest absolute Gasteiger partial charge is 0.0880 e. The monoisotopic (exact) mass is 249 g/mol. The van der Waals surface area contributed by atoms with E-state index in [4.69, 9.17) is 0 Å². The van der Waals surface area contributed by atoms with E-state index in [1.54, 1.807) is 0 Å². The van der Waals surface area contributed by atoms with Gasteiger partial charge in [-0.15, -0.1) is 0 Å². The summed E-state index contributed by atoms with van der Waals surface area (Å²) in [6, 6.07) is 8.81. The zero-order valence-corrected chi connectivity index (χ0v) is 12.2. The highest BCUT2D eigenvalue weighted by molar-refractivity contribution is 5.28. The molecule has 1 aromatic rings. The summed E-state index contributed by atoms with van der Waals surface area (Å²) in [6.45, 7) is 9.16. The van der Waals surface area contributed by atoms with Crippen molar-refractivity contribution in [2.45, 2.75) is 58.6 Å². The van der Waals surface area contributed by atoms with Crippen LogP contribution in [0.4, 0.5) is 0 Å². The van der Waals surface area contributed by atoms with Crippen LogP contribution in [-0.4, -0.2) is 17.7 Å². The molecule has 2 nitrogen and oxygen atoms in total. The normalized spacial score (nSPS) is 14.8. The summed E-state index contributed by atoms with van der Waals surface area (Å²) in [5, 5.41) is 13.9. The third-order valence-corrected chi connectivity index (χ3v) is 3.25. The molecule has 0 aromatic heterocycles. The van der Waals surface area contributed by atoms with Crippen molar-refractivity contribution in [3.63, 3.8) is 0 Å². The van der Waals surface area contributed by atoms with Crippen LogP contribution in [0.1, 0.15) is 51.7 Å². The maximum atomic E-state index is 10.6. The SMILES string of the molecule is CCCc1cccc(C(C)(O)CCNC(C)C)c1. The maximum Gasteiger partial charge on any atom is 0.0880 e. The second-order valence-corrected chi connectivity index (χ2v) is 5.58. The van der Waals surface area contributed by atoms with Crippen LogP contribution in [0.15, 0.2) is 24.3 Å². The van der Waals surface area contributed by atoms with E-state index in [0.29, 0.717) is 6.04 Å². The molecule has 1 atom stereocenters. The number of rotatable bonds is 7. The second kappa shape index (κ2) is 6.91. The molecule has 1 rings (SSSR count). The number of aliphatic hydroxyl groups is 1. The van der Waals surface area contributed by atoms with Crippen molar-refractivity contribution < 1.29 is 5.11 Å². The van der Waals surface area contributed by atoms with E-state index < -0.39 is 5.60 Å². The summed E-state index contributed by atoms with van der Waals surface area (Å²) in [5.74, 6) is 0. The fourth-order valence-corrected chi connectivity index (χ4v) is 2.10. The first-order valence-electron chi connectivity index (χ1n) is 7.01. The quantitative estimate of drug-likeness (QED) is 0.777. The van der Waals surface area contributed by atoms with Gasteiger partial charge in [0.2, 0.25) is 0 Å². The summed E-state index contributed by atoms with van der Waals surface area (Å²) in [7, 11) is 0. The Morgan fingerprint density at radius 1 is 1.33 bits per heavy atom. The highest BCUT2D eigenvalue weighted by Crippen LogP contribution is 2.25. The number of hydrogen-bond acceptors (Lipinski definition) is 2. The van der Waals surface area contributed by atoms with Crippen LogP contribution in [0.2, 0.25) is 0 Å². The molecular weight excluding hydrogens is 222 g/mol. The van der Waals surface area contributed by atoms with Gasteiger partial charge in [0.05, 0.1) is 5.60 Å². The largest absolute Gasteiger partial charge is 0.385 e. The molecule has 0 amide bonds. The molecular formula is C16H27NO. The van der Waals surface area contributed by atoms with Crippen LogP contribution in [0.3, 0.4) is 0 Å². The van der Waals surface area contributed by atoms with Gasteiger partial charge in [0.15, 0.2) is 0 Å². The number of aryl methyl sites for hydroxylation is 1. The first-order chi connectivity index (χ1) is 8.45. The molecule has 0 radical (unpaired) electrons. The average molecular weight is 249 g/mol. The van der Waals surface area contributed by atoms with E-state index in [1.807, 2.05) is 19.1 Å². The molecule has 0 aliphatic heterocycles. The summed E-state index contributed by atoms with van der Waals surface area (Å²) in [6.07, 6.45) is 2.95. The lowest BCUT2D eigenvalue weighted by atomic mass is 9.90. The summed E-state index contributed by atoms with van der Waals surface area (Å²) >= 11 is 0. The van der Waals surface area contributed by atoms with Crippen LogP contribution in [0.5, 0.6) is 0 Å². The van der Waals surface area contributed by atoms with Gasteiger partial charge in [-0.25, -0.2) is 0 Å². The molecule has 0 aliphatic rings. The molecule has 0 fully saturated rings. The van der Waals surface area contributed by atoms with Crippen LogP contribution in [-0.2, 0) is 12.0 Å². The molecule has 2 N–H and O–H groups in total. The molecule has 1 unspecified atom stereocenters. The van der Waals surface area contributed by atoms with Crippen molar-refractivity contribution in [3.8, 4) is 0 Å². The van der Waals surface area contributed by atoms with Crippen molar-refractivity contribution in [2.75, 3.05) is 6.54 Å². The van der Waals surface area contributed by atoms with E-state index in [0.717, 1.165) is 31.4 Å². The van der Waals surface area contributed by atoms with Gasteiger partial charge in [-0.2, -0.15) is 0 Å². The predicted octanol–water partition coefficient (Wildman–Crippen LogP) is 3.23. The van der Waals surface area contributed by atoms with Gasteiger partial charge < -0.3 is 10.4 Å². The van der Waals surface area contributed by atoms with Crippen LogP contribution >= 0.6 is 0 Å². The minimum absolute atomic E-state index is 0.465. The van der Waals surface area contributed by atoms with Crippen molar-refractivity contribution in [1.29, 1.82) is 0 Å². The minimum Gasteiger partial charge on any atom is -0.385 e. The second-order valence-electron chi connectivity index (χ2n) is 5.58. The third kappa shape index (κ3) is 4.79. The summed E-state index contributed by atoms with van der Waals surface area (Å²) in [4.78, 5) is 0. The molecule has 0 saturated carbocycles. The average Bonchev–Trinajstić information content (AvgIpc) is 2.29. The fraction of sp³-hybridized carbons (Fsp3) is 0.625. The topological polar surface area (TPSA) is 32.3 Å². The third-order valence-electron chi connectivity index (χ3n) is 3.25. The van der Waals surface area contributed by atoms with Crippen molar-refractivity contribution in [3.05, 3.63) is 35.4 Å². The van der Waals surface area contributed by atoms with Crippen molar-refractivity contribution in [1.82, 2.24) is 5.32 Å². The van der Waals surface area contributed by atoms with Crippen LogP contribution in [0, 0.1) is 0 Å². The first-order valence-corrected chi connectivity index (χ1v) is 7.01. The van der Waals surface area contributed by atoms with Gasteiger partial charge in [-0.05, 0) is 37.4 Å². The zero-order chi connectivity index (χ0) is 13.6. The number of hydrogen-bond donors (Lipinski definition) is 2. The molecule has 0 heterocycles. The van der Waals surface area contributed by atoms with Crippen LogP contribution in [0.25, 0.3) is 0 Å². The van der Waals surface area contributed by atoms with E-state index in [9.17, 15) is 5.11 Å². The molecule has 0 spiro atoms. The minimum atomic E-state index is -0.744. The number of nitrogens with one attached hydrogen (secondary N) is 1. The Kier molecular flexibility index (Phi) is 5.83. The lowest BCUT2D eigenvalue weighted by Gasteiger charge is -2.25. The van der Waals surface area contributed by atoms with Gasteiger partial charge in [0.1, 0.15) is 0 Å². The Morgan fingerprint density at radius 2 is 2.06 bits per heavy atom. The van der Waals surface area contributed by atoms with Gasteiger partial charge in [0, 0.05) is 6.04 Å². The predicted molar refractivity (Wildman–Crippen MR) is 77.8 cm³/mol. The fourth-order valence-electron chi connectivity index (χ4n) is 2.10. The van der Waals surface area contributed by atoms with E-state index in [1.165, 1.54) is 5.56 Å². The lowest BCUT2D eigenvalue weighted by Crippen LogP contribution is -2.31. The standard InChI is InChI=1S/C16H27NO/c1-5-7-14-8-6-9-15(12-14)16(4,18)10-11-17-13(2)3/h6,8-9,12-13,17-18H,5,7,10-11H2,1-4H3. The molecule has 0 aliphatic carbocycles. The van der Waals surface area contributed by atoms with Gasteiger partial charge in [-0.3, -0.25) is 0 Å². The molecule has 1 aromatic carbocycles. The molecule has 0 bridgehead atoms. The Labute approximate surface area is 111 Å². The Bertz CT molecular complexity index is 358. The lowest BCUT2D eigenvalue weighted by molar-refractivity contribution is 0.0474. The van der Waals surface area contributed by atoms with E-state index >= 15 is 0 Å². The Hall–Kier alpha value is -0.860. The molecule has 0 saturated heterocycles. The molecule has 2 heteroatoms. The van der Waals surface area contributed by atoms with Crippen molar-refractivity contribution in [2.24, 2.45) is 0 Å².